The van der Waals surface area contributed by atoms with Gasteiger partial charge in [-0.05, 0) is 6.42 Å². The standard InChI is InChI=1S/C6H13N2O/c1-5(7)3-2-4-6(8)9/h5,7H,2-4H2,1H3,(H2,8,9)/q-1. The van der Waals surface area contributed by atoms with Crippen molar-refractivity contribution in [3.8, 4) is 0 Å². The van der Waals surface area contributed by atoms with Crippen LogP contribution in [0.4, 0.5) is 0 Å². The number of nitrogens with two attached hydrogens (primary N) is 1. The highest BCUT2D eigenvalue weighted by atomic mass is 16.1. The largest absolute Gasteiger partial charge is 0.675 e. The fraction of sp³-hybridized carbons (Fsp3) is 0.833. The lowest BCUT2D eigenvalue weighted by Crippen LogP contribution is -2.10. The third-order valence-corrected chi connectivity index (χ3v) is 1.06. The molecule has 54 valence electrons. The van der Waals surface area contributed by atoms with E-state index >= 15 is 0 Å². The molecule has 0 aliphatic rings. The summed E-state index contributed by atoms with van der Waals surface area (Å²) < 4.78 is 0. The summed E-state index contributed by atoms with van der Waals surface area (Å²) >= 11 is 0. The smallest absolute Gasteiger partial charge is 0.217 e. The third kappa shape index (κ3) is 7.43. The second-order valence-electron chi connectivity index (χ2n) is 2.26. The summed E-state index contributed by atoms with van der Waals surface area (Å²) in [6.45, 7) is 1.81. The van der Waals surface area contributed by atoms with Crippen LogP contribution in [-0.2, 0) is 4.79 Å². The molecule has 1 unspecified atom stereocenters. The van der Waals surface area contributed by atoms with E-state index in [0.717, 1.165) is 12.8 Å². The Labute approximate surface area is 55.4 Å². The maximum absolute atomic E-state index is 10.1. The zero-order valence-electron chi connectivity index (χ0n) is 5.68. The molecule has 0 aromatic heterocycles. The predicted molar refractivity (Wildman–Crippen MR) is 36.8 cm³/mol. The average molecular weight is 129 g/mol. The number of carbonyl (C=O) groups is 1. The SMILES string of the molecule is CC([NH-])CCCC(N)=O. The molecule has 0 spiro atoms. The van der Waals surface area contributed by atoms with Crippen molar-refractivity contribution in [2.75, 3.05) is 0 Å². The van der Waals surface area contributed by atoms with Crippen molar-refractivity contribution < 1.29 is 4.79 Å². The van der Waals surface area contributed by atoms with Crippen LogP contribution in [-0.4, -0.2) is 11.9 Å². The fourth-order valence-electron chi connectivity index (χ4n) is 0.582. The molecular formula is C6H13N2O-. The van der Waals surface area contributed by atoms with Gasteiger partial charge in [-0.25, -0.2) is 0 Å². The molecule has 3 heteroatoms. The number of nitrogens with one attached hydrogen (secondary N) is 1. The second-order valence-corrected chi connectivity index (χ2v) is 2.26. The van der Waals surface area contributed by atoms with E-state index in [9.17, 15) is 4.79 Å². The van der Waals surface area contributed by atoms with Crippen molar-refractivity contribution in [2.45, 2.75) is 32.2 Å². The van der Waals surface area contributed by atoms with E-state index in [2.05, 4.69) is 0 Å². The summed E-state index contributed by atoms with van der Waals surface area (Å²) in [5, 5.41) is 0. The van der Waals surface area contributed by atoms with Crippen LogP contribution in [0.15, 0.2) is 0 Å². The lowest BCUT2D eigenvalue weighted by atomic mass is 10.1. The highest BCUT2D eigenvalue weighted by molar-refractivity contribution is 5.73. The first kappa shape index (κ1) is 8.43. The molecule has 9 heavy (non-hydrogen) atoms. The van der Waals surface area contributed by atoms with Crippen LogP contribution < -0.4 is 5.73 Å². The summed E-state index contributed by atoms with van der Waals surface area (Å²) in [7, 11) is 0. The van der Waals surface area contributed by atoms with Gasteiger partial charge in [0.05, 0.1) is 0 Å². The summed E-state index contributed by atoms with van der Waals surface area (Å²) in [6, 6.07) is -0.0654. The maximum Gasteiger partial charge on any atom is 0.217 e. The molecule has 0 bridgehead atoms. The van der Waals surface area contributed by atoms with Crippen LogP contribution in [0.3, 0.4) is 0 Å². The Bertz CT molecular complexity index is 91.1. The molecule has 0 saturated heterocycles. The van der Waals surface area contributed by atoms with E-state index in [1.165, 1.54) is 0 Å². The van der Waals surface area contributed by atoms with Gasteiger partial charge in [-0.2, -0.15) is 0 Å². The van der Waals surface area contributed by atoms with Gasteiger partial charge in [0.25, 0.3) is 0 Å². The molecule has 0 aliphatic carbocycles. The summed E-state index contributed by atoms with van der Waals surface area (Å²) in [6.07, 6.45) is 1.94. The molecule has 0 rings (SSSR count). The molecule has 0 radical (unpaired) electrons. The lowest BCUT2D eigenvalue weighted by Gasteiger charge is -2.10. The Hall–Kier alpha value is -0.570. The third-order valence-electron chi connectivity index (χ3n) is 1.06. The first-order valence-electron chi connectivity index (χ1n) is 3.12. The van der Waals surface area contributed by atoms with Crippen molar-refractivity contribution in [1.29, 1.82) is 0 Å². The Kier molecular flexibility index (Phi) is 4.05. The van der Waals surface area contributed by atoms with Gasteiger partial charge in [-0.1, -0.05) is 13.3 Å². The van der Waals surface area contributed by atoms with E-state index in [0.29, 0.717) is 6.42 Å². The number of hydrogen-bond donors (Lipinski definition) is 1. The molecule has 0 saturated carbocycles. The zero-order valence-corrected chi connectivity index (χ0v) is 5.68. The molecule has 1 atom stereocenters. The monoisotopic (exact) mass is 129 g/mol. The first-order chi connectivity index (χ1) is 4.13. The lowest BCUT2D eigenvalue weighted by molar-refractivity contribution is -0.118. The van der Waals surface area contributed by atoms with Crippen molar-refractivity contribution in [3.05, 3.63) is 5.73 Å². The molecule has 0 heterocycles. The maximum atomic E-state index is 10.1. The molecular weight excluding hydrogens is 116 g/mol. The first-order valence-corrected chi connectivity index (χ1v) is 3.12. The molecule has 0 aliphatic heterocycles. The van der Waals surface area contributed by atoms with Crippen molar-refractivity contribution >= 4 is 5.91 Å². The van der Waals surface area contributed by atoms with Crippen LogP contribution in [0.25, 0.3) is 5.73 Å². The van der Waals surface area contributed by atoms with Crippen LogP contribution in [0.2, 0.25) is 0 Å². The van der Waals surface area contributed by atoms with Crippen LogP contribution >= 0.6 is 0 Å². The number of primary amides is 1. The summed E-state index contributed by atoms with van der Waals surface area (Å²) in [5.41, 5.74) is 11.9. The summed E-state index contributed by atoms with van der Waals surface area (Å²) in [5.74, 6) is -0.268. The minimum atomic E-state index is -0.268. The molecule has 0 aromatic rings. The van der Waals surface area contributed by atoms with E-state index in [1.54, 1.807) is 6.92 Å². The average Bonchev–Trinajstić information content (AvgIpc) is 1.63. The minimum Gasteiger partial charge on any atom is -0.675 e. The van der Waals surface area contributed by atoms with Gasteiger partial charge in [0.1, 0.15) is 0 Å². The van der Waals surface area contributed by atoms with E-state index in [1.807, 2.05) is 0 Å². The molecule has 1 amide bonds. The highest BCUT2D eigenvalue weighted by Crippen LogP contribution is 2.00. The number of amides is 1. The molecule has 0 fully saturated rings. The van der Waals surface area contributed by atoms with Crippen molar-refractivity contribution in [2.24, 2.45) is 5.73 Å². The van der Waals surface area contributed by atoms with Gasteiger partial charge < -0.3 is 11.5 Å². The van der Waals surface area contributed by atoms with Gasteiger partial charge >= 0.3 is 0 Å². The van der Waals surface area contributed by atoms with E-state index in [-0.39, 0.29) is 11.9 Å². The zero-order chi connectivity index (χ0) is 7.28. The van der Waals surface area contributed by atoms with Gasteiger partial charge in [0.15, 0.2) is 0 Å². The highest BCUT2D eigenvalue weighted by Gasteiger charge is 1.92. The molecule has 3 nitrogen and oxygen atoms in total. The Morgan fingerprint density at radius 1 is 1.78 bits per heavy atom. The number of rotatable bonds is 4. The number of carbonyl (C=O) groups excluding carboxylic acids is 1. The Morgan fingerprint density at radius 3 is 2.67 bits per heavy atom. The van der Waals surface area contributed by atoms with Crippen LogP contribution in [0, 0.1) is 0 Å². The normalized spacial score (nSPS) is 13.1. The van der Waals surface area contributed by atoms with E-state index < -0.39 is 0 Å². The van der Waals surface area contributed by atoms with Crippen LogP contribution in [0.5, 0.6) is 0 Å². The summed E-state index contributed by atoms with van der Waals surface area (Å²) in [4.78, 5) is 10.1. The Morgan fingerprint density at radius 2 is 2.33 bits per heavy atom. The topological polar surface area (TPSA) is 66.9 Å². The predicted octanol–water partition coefficient (Wildman–Crippen LogP) is 1.08. The van der Waals surface area contributed by atoms with Gasteiger partial charge in [-0.3, -0.25) is 4.79 Å². The van der Waals surface area contributed by atoms with Gasteiger partial charge in [-0.15, -0.1) is 6.04 Å². The van der Waals surface area contributed by atoms with E-state index in [4.69, 9.17) is 11.5 Å². The fourth-order valence-corrected chi connectivity index (χ4v) is 0.582. The van der Waals surface area contributed by atoms with Gasteiger partial charge in [0.2, 0.25) is 5.91 Å². The van der Waals surface area contributed by atoms with Crippen molar-refractivity contribution in [1.82, 2.24) is 0 Å². The van der Waals surface area contributed by atoms with Crippen LogP contribution in [0.1, 0.15) is 26.2 Å². The van der Waals surface area contributed by atoms with Crippen molar-refractivity contribution in [3.63, 3.8) is 0 Å². The quantitative estimate of drug-likeness (QED) is 0.606. The molecule has 0 aromatic carbocycles. The Balaban J connectivity index is 3.01. The molecule has 3 N–H and O–H groups in total. The van der Waals surface area contributed by atoms with Gasteiger partial charge in [0, 0.05) is 6.42 Å². The second kappa shape index (κ2) is 4.32. The minimum absolute atomic E-state index is 0.0654. The number of hydrogen-bond acceptors (Lipinski definition) is 1.